The van der Waals surface area contributed by atoms with Gasteiger partial charge in [-0.2, -0.15) is 0 Å². The van der Waals surface area contributed by atoms with Gasteiger partial charge < -0.3 is 14.8 Å². The third-order valence-electron chi connectivity index (χ3n) is 1.45. The van der Waals surface area contributed by atoms with Gasteiger partial charge in [0.1, 0.15) is 5.60 Å². The van der Waals surface area contributed by atoms with E-state index in [1.165, 1.54) is 0 Å². The molecule has 0 saturated heterocycles. The highest BCUT2D eigenvalue weighted by Crippen LogP contribution is 2.07. The molecular weight excluding hydrogens is 194 g/mol. The summed E-state index contributed by atoms with van der Waals surface area (Å²) < 4.78 is 10.0. The second-order valence-corrected chi connectivity index (χ2v) is 4.21. The van der Waals surface area contributed by atoms with Crippen molar-refractivity contribution in [3.63, 3.8) is 0 Å². The molecule has 0 aliphatic heterocycles. The Labute approximate surface area is 91.3 Å². The molecule has 0 aromatic carbocycles. The van der Waals surface area contributed by atoms with Crippen molar-refractivity contribution in [3.05, 3.63) is 0 Å². The Balaban J connectivity index is 4.06. The van der Waals surface area contributed by atoms with Gasteiger partial charge in [-0.25, -0.2) is 4.79 Å². The molecule has 0 heterocycles. The van der Waals surface area contributed by atoms with Crippen molar-refractivity contribution in [3.8, 4) is 12.3 Å². The lowest BCUT2D eigenvalue weighted by Crippen LogP contribution is -2.41. The number of carbonyl (C=O) groups excluding carboxylic acids is 1. The molecule has 4 heteroatoms. The summed E-state index contributed by atoms with van der Waals surface area (Å²) in [6.07, 6.45) is 5.12. The molecule has 0 bridgehead atoms. The number of hydrogen-bond donors (Lipinski definition) is 1. The number of methoxy groups -OCH3 is 1. The largest absolute Gasteiger partial charge is 0.444 e. The van der Waals surface area contributed by atoms with Crippen molar-refractivity contribution in [1.29, 1.82) is 0 Å². The van der Waals surface area contributed by atoms with Crippen LogP contribution in [0, 0.1) is 12.3 Å². The molecular formula is C11H19NO3. The SMILES string of the molecule is C#CCC(COC)NC(=O)OC(C)(C)C. The Hall–Kier alpha value is -1.21. The lowest BCUT2D eigenvalue weighted by atomic mass is 10.2. The van der Waals surface area contributed by atoms with Crippen LogP contribution in [0.2, 0.25) is 0 Å². The molecule has 0 rings (SSSR count). The molecule has 0 aromatic rings. The number of carbonyl (C=O) groups is 1. The molecule has 0 radical (unpaired) electrons. The lowest BCUT2D eigenvalue weighted by molar-refractivity contribution is 0.0471. The van der Waals surface area contributed by atoms with Crippen LogP contribution in [-0.4, -0.2) is 31.5 Å². The minimum atomic E-state index is -0.502. The normalized spacial score (nSPS) is 12.7. The average molecular weight is 213 g/mol. The Morgan fingerprint density at radius 3 is 2.53 bits per heavy atom. The summed E-state index contributed by atoms with van der Waals surface area (Å²) in [5, 5.41) is 2.65. The zero-order valence-electron chi connectivity index (χ0n) is 9.79. The summed E-state index contributed by atoms with van der Waals surface area (Å²) in [7, 11) is 1.56. The first-order valence-electron chi connectivity index (χ1n) is 4.81. The number of amides is 1. The van der Waals surface area contributed by atoms with Crippen molar-refractivity contribution in [2.24, 2.45) is 0 Å². The first kappa shape index (κ1) is 13.8. The second-order valence-electron chi connectivity index (χ2n) is 4.21. The molecule has 1 amide bonds. The summed E-state index contributed by atoms with van der Waals surface area (Å²) >= 11 is 0. The molecule has 15 heavy (non-hydrogen) atoms. The Morgan fingerprint density at radius 2 is 2.13 bits per heavy atom. The molecule has 4 nitrogen and oxygen atoms in total. The first-order chi connectivity index (χ1) is 6.89. The highest BCUT2D eigenvalue weighted by atomic mass is 16.6. The molecule has 0 aliphatic carbocycles. The van der Waals surface area contributed by atoms with Gasteiger partial charge in [0.05, 0.1) is 12.6 Å². The van der Waals surface area contributed by atoms with Gasteiger partial charge in [-0.05, 0) is 20.8 Å². The van der Waals surface area contributed by atoms with Crippen LogP contribution < -0.4 is 5.32 Å². The molecule has 0 aromatic heterocycles. The van der Waals surface area contributed by atoms with Crippen molar-refractivity contribution in [1.82, 2.24) is 5.32 Å². The molecule has 0 spiro atoms. The minimum Gasteiger partial charge on any atom is -0.444 e. The standard InChI is InChI=1S/C11H19NO3/c1-6-7-9(8-14-5)12-10(13)15-11(2,3)4/h1,9H,7-8H2,2-5H3,(H,12,13). The minimum absolute atomic E-state index is 0.199. The van der Waals surface area contributed by atoms with E-state index in [2.05, 4.69) is 11.2 Å². The third kappa shape index (κ3) is 7.83. The van der Waals surface area contributed by atoms with Gasteiger partial charge in [0, 0.05) is 13.5 Å². The molecule has 1 N–H and O–H groups in total. The molecule has 0 fully saturated rings. The van der Waals surface area contributed by atoms with Crippen molar-refractivity contribution >= 4 is 6.09 Å². The Bertz CT molecular complexity index is 237. The van der Waals surface area contributed by atoms with E-state index in [4.69, 9.17) is 15.9 Å². The van der Waals surface area contributed by atoms with Gasteiger partial charge in [0.15, 0.2) is 0 Å². The maximum atomic E-state index is 11.4. The first-order valence-corrected chi connectivity index (χ1v) is 4.81. The summed E-state index contributed by atoms with van der Waals surface area (Å²) in [6.45, 7) is 5.79. The zero-order valence-corrected chi connectivity index (χ0v) is 9.79. The van der Waals surface area contributed by atoms with E-state index < -0.39 is 11.7 Å². The fourth-order valence-corrected chi connectivity index (χ4v) is 0.969. The van der Waals surface area contributed by atoms with Crippen LogP contribution >= 0.6 is 0 Å². The quantitative estimate of drug-likeness (QED) is 0.721. The van der Waals surface area contributed by atoms with E-state index in [1.807, 2.05) is 0 Å². The fourth-order valence-electron chi connectivity index (χ4n) is 0.969. The van der Waals surface area contributed by atoms with Crippen LogP contribution in [0.15, 0.2) is 0 Å². The number of alkyl carbamates (subject to hydrolysis) is 1. The Morgan fingerprint density at radius 1 is 1.53 bits per heavy atom. The van der Waals surface area contributed by atoms with Crippen LogP contribution in [0.1, 0.15) is 27.2 Å². The van der Waals surface area contributed by atoms with Crippen molar-refractivity contribution in [2.75, 3.05) is 13.7 Å². The van der Waals surface area contributed by atoms with Gasteiger partial charge in [0.2, 0.25) is 0 Å². The van der Waals surface area contributed by atoms with E-state index in [-0.39, 0.29) is 6.04 Å². The van der Waals surface area contributed by atoms with Crippen LogP contribution in [0.25, 0.3) is 0 Å². The number of ether oxygens (including phenoxy) is 2. The molecule has 1 atom stereocenters. The van der Waals surface area contributed by atoms with Gasteiger partial charge in [-0.1, -0.05) is 0 Å². The molecule has 86 valence electrons. The van der Waals surface area contributed by atoms with Gasteiger partial charge in [-0.15, -0.1) is 12.3 Å². The predicted octanol–water partition coefficient (Wildman–Crippen LogP) is 1.55. The summed E-state index contributed by atoms with van der Waals surface area (Å²) in [6, 6.07) is -0.199. The van der Waals surface area contributed by atoms with Gasteiger partial charge in [-0.3, -0.25) is 0 Å². The zero-order chi connectivity index (χ0) is 11.9. The number of hydrogen-bond acceptors (Lipinski definition) is 3. The molecule has 1 unspecified atom stereocenters. The summed E-state index contributed by atoms with van der Waals surface area (Å²) in [4.78, 5) is 11.4. The Kier molecular flexibility index (Phi) is 5.80. The summed E-state index contributed by atoms with van der Waals surface area (Å²) in [5.74, 6) is 2.47. The average Bonchev–Trinajstić information content (AvgIpc) is 2.00. The van der Waals surface area contributed by atoms with Crippen LogP contribution in [0.3, 0.4) is 0 Å². The third-order valence-corrected chi connectivity index (χ3v) is 1.45. The second kappa shape index (κ2) is 6.31. The van der Waals surface area contributed by atoms with E-state index >= 15 is 0 Å². The lowest BCUT2D eigenvalue weighted by Gasteiger charge is -2.22. The topological polar surface area (TPSA) is 47.6 Å². The van der Waals surface area contributed by atoms with Crippen molar-refractivity contribution in [2.45, 2.75) is 38.8 Å². The maximum absolute atomic E-state index is 11.4. The van der Waals surface area contributed by atoms with Crippen molar-refractivity contribution < 1.29 is 14.3 Å². The fraction of sp³-hybridized carbons (Fsp3) is 0.727. The van der Waals surface area contributed by atoms with Gasteiger partial charge >= 0.3 is 6.09 Å². The highest BCUT2D eigenvalue weighted by molar-refractivity contribution is 5.68. The van der Waals surface area contributed by atoms with E-state index in [1.54, 1.807) is 27.9 Å². The molecule has 0 saturated carbocycles. The van der Waals surface area contributed by atoms with Crippen LogP contribution in [0.5, 0.6) is 0 Å². The maximum Gasteiger partial charge on any atom is 0.407 e. The van der Waals surface area contributed by atoms with E-state index in [0.29, 0.717) is 13.0 Å². The predicted molar refractivity (Wildman–Crippen MR) is 58.5 cm³/mol. The molecule has 0 aliphatic rings. The number of terminal acetylenes is 1. The van der Waals surface area contributed by atoms with E-state index in [0.717, 1.165) is 0 Å². The summed E-state index contributed by atoms with van der Waals surface area (Å²) in [5.41, 5.74) is -0.502. The van der Waals surface area contributed by atoms with Crippen LogP contribution in [-0.2, 0) is 9.47 Å². The number of nitrogens with one attached hydrogen (secondary N) is 1. The van der Waals surface area contributed by atoms with E-state index in [9.17, 15) is 4.79 Å². The smallest absolute Gasteiger partial charge is 0.407 e. The monoisotopic (exact) mass is 213 g/mol. The van der Waals surface area contributed by atoms with Crippen LogP contribution in [0.4, 0.5) is 4.79 Å². The van der Waals surface area contributed by atoms with Gasteiger partial charge in [0.25, 0.3) is 0 Å². The number of rotatable bonds is 4. The highest BCUT2D eigenvalue weighted by Gasteiger charge is 2.18.